The molecule has 2 aromatic rings. The third-order valence-corrected chi connectivity index (χ3v) is 9.26. The fourth-order valence-corrected chi connectivity index (χ4v) is 7.19. The highest BCUT2D eigenvalue weighted by Crippen LogP contribution is 2.62. The summed E-state index contributed by atoms with van der Waals surface area (Å²) >= 11 is 0. The minimum atomic E-state index is 0.0537. The van der Waals surface area contributed by atoms with Gasteiger partial charge in [0.15, 0.2) is 0 Å². The topological polar surface area (TPSA) is 67.2 Å². The molecule has 34 heavy (non-hydrogen) atoms. The van der Waals surface area contributed by atoms with Crippen LogP contribution in [0.2, 0.25) is 0 Å². The summed E-state index contributed by atoms with van der Waals surface area (Å²) in [5.41, 5.74) is 3.21. The van der Waals surface area contributed by atoms with Crippen LogP contribution in [0.25, 0.3) is 11.4 Å². The summed E-state index contributed by atoms with van der Waals surface area (Å²) in [6.45, 7) is 8.97. The van der Waals surface area contributed by atoms with Gasteiger partial charge in [0, 0.05) is 30.6 Å². The van der Waals surface area contributed by atoms with Gasteiger partial charge in [-0.1, -0.05) is 51.1 Å². The number of amides is 2. The van der Waals surface area contributed by atoms with Crippen LogP contribution >= 0.6 is 0 Å². The molecule has 0 saturated heterocycles. The molecule has 4 aliphatic rings. The number of nitrogens with zero attached hydrogens (tertiary/aromatic N) is 3. The molecule has 3 unspecified atom stereocenters. The van der Waals surface area contributed by atoms with Gasteiger partial charge in [-0.15, -0.1) is 0 Å². The molecular formula is C28H36N4O2. The van der Waals surface area contributed by atoms with Crippen LogP contribution < -0.4 is 5.32 Å². The predicted molar refractivity (Wildman–Crippen MR) is 131 cm³/mol. The lowest BCUT2D eigenvalue weighted by Crippen LogP contribution is -2.52. The first-order chi connectivity index (χ1) is 16.3. The lowest BCUT2D eigenvalue weighted by Gasteiger charge is -2.43. The Balaban J connectivity index is 1.28. The Morgan fingerprint density at radius 2 is 1.85 bits per heavy atom. The van der Waals surface area contributed by atoms with Crippen LogP contribution in [-0.4, -0.2) is 38.9 Å². The zero-order valence-electron chi connectivity index (χ0n) is 20.6. The van der Waals surface area contributed by atoms with E-state index in [1.165, 1.54) is 19.3 Å². The highest BCUT2D eigenvalue weighted by molar-refractivity contribution is 5.82. The maximum absolute atomic E-state index is 13.4. The Morgan fingerprint density at radius 3 is 2.53 bits per heavy atom. The summed E-state index contributed by atoms with van der Waals surface area (Å²) in [6, 6.07) is 10.4. The molecule has 6 heteroatoms. The Morgan fingerprint density at radius 1 is 1.09 bits per heavy atom. The van der Waals surface area contributed by atoms with Crippen molar-refractivity contribution in [3.63, 3.8) is 0 Å². The lowest BCUT2D eigenvalue weighted by atomic mass is 9.68. The minimum Gasteiger partial charge on any atom is -0.352 e. The Hall–Kier alpha value is -2.63. The smallest absolute Gasteiger partial charge is 0.226 e. The van der Waals surface area contributed by atoms with E-state index in [-0.39, 0.29) is 41.0 Å². The molecule has 0 spiro atoms. The molecule has 3 aliphatic carbocycles. The van der Waals surface area contributed by atoms with Gasteiger partial charge in [0.25, 0.3) is 0 Å². The number of hydrogen-bond donors (Lipinski definition) is 1. The predicted octanol–water partition coefficient (Wildman–Crippen LogP) is 4.18. The summed E-state index contributed by atoms with van der Waals surface area (Å²) < 4.78 is 2.23. The van der Waals surface area contributed by atoms with E-state index >= 15 is 0 Å². The highest BCUT2D eigenvalue weighted by atomic mass is 16.2. The highest BCUT2D eigenvalue weighted by Gasteiger charge is 2.59. The molecule has 1 aromatic heterocycles. The molecule has 1 aliphatic heterocycles. The zero-order valence-corrected chi connectivity index (χ0v) is 20.6. The first-order valence-corrected chi connectivity index (χ1v) is 13.0. The molecule has 3 fully saturated rings. The van der Waals surface area contributed by atoms with Crippen molar-refractivity contribution in [3.8, 4) is 11.4 Å². The van der Waals surface area contributed by atoms with Crippen molar-refractivity contribution in [2.75, 3.05) is 6.54 Å². The SMILES string of the molecule is CC12CCC(C1)C(C)(C)C2NC(=O)Cc1nc(-c2ccccc2)n2c1CN(C(=O)C1CC1)CC2. The lowest BCUT2D eigenvalue weighted by molar-refractivity contribution is -0.134. The molecule has 6 nitrogen and oxygen atoms in total. The van der Waals surface area contributed by atoms with E-state index in [9.17, 15) is 9.59 Å². The maximum atomic E-state index is 13.4. The number of fused-ring (bicyclic) bond motifs is 3. The summed E-state index contributed by atoms with van der Waals surface area (Å²) in [5, 5.41) is 3.44. The van der Waals surface area contributed by atoms with Crippen molar-refractivity contribution in [1.29, 1.82) is 0 Å². The second kappa shape index (κ2) is 7.69. The van der Waals surface area contributed by atoms with Gasteiger partial charge in [-0.05, 0) is 48.9 Å². The van der Waals surface area contributed by atoms with E-state index < -0.39 is 0 Å². The molecule has 6 rings (SSSR count). The van der Waals surface area contributed by atoms with E-state index in [0.717, 1.165) is 42.2 Å². The van der Waals surface area contributed by atoms with E-state index in [0.29, 0.717) is 19.0 Å². The van der Waals surface area contributed by atoms with Gasteiger partial charge in [0.05, 0.1) is 24.4 Å². The van der Waals surface area contributed by atoms with Crippen LogP contribution in [0.15, 0.2) is 30.3 Å². The second-order valence-corrected chi connectivity index (χ2v) is 12.0. The number of aromatic nitrogens is 2. The van der Waals surface area contributed by atoms with E-state index in [4.69, 9.17) is 4.98 Å². The van der Waals surface area contributed by atoms with Crippen LogP contribution in [0.4, 0.5) is 0 Å². The Kier molecular flexibility index (Phi) is 4.95. The molecule has 1 N–H and O–H groups in total. The quantitative estimate of drug-likeness (QED) is 0.728. The number of benzene rings is 1. The van der Waals surface area contributed by atoms with Gasteiger partial charge in [-0.2, -0.15) is 0 Å². The Labute approximate surface area is 202 Å². The van der Waals surface area contributed by atoms with Gasteiger partial charge < -0.3 is 14.8 Å². The first-order valence-electron chi connectivity index (χ1n) is 13.0. The summed E-state index contributed by atoms with van der Waals surface area (Å²) in [7, 11) is 0. The van der Waals surface area contributed by atoms with Crippen LogP contribution in [0, 0.1) is 22.7 Å². The molecule has 3 saturated carbocycles. The van der Waals surface area contributed by atoms with E-state index in [2.05, 4.69) is 42.8 Å². The van der Waals surface area contributed by atoms with Crippen LogP contribution in [0.3, 0.4) is 0 Å². The third-order valence-electron chi connectivity index (χ3n) is 9.26. The number of rotatable bonds is 5. The largest absolute Gasteiger partial charge is 0.352 e. The van der Waals surface area contributed by atoms with Gasteiger partial charge in [0.1, 0.15) is 5.82 Å². The van der Waals surface area contributed by atoms with Crippen molar-refractivity contribution in [1.82, 2.24) is 19.8 Å². The summed E-state index contributed by atoms with van der Waals surface area (Å²) in [5.74, 6) is 2.12. The number of imidazole rings is 1. The molecule has 0 radical (unpaired) electrons. The van der Waals surface area contributed by atoms with Gasteiger partial charge in [0.2, 0.25) is 11.8 Å². The monoisotopic (exact) mass is 460 g/mol. The molecule has 2 heterocycles. The van der Waals surface area contributed by atoms with Gasteiger partial charge in [-0.3, -0.25) is 9.59 Å². The van der Waals surface area contributed by atoms with Crippen molar-refractivity contribution in [3.05, 3.63) is 41.7 Å². The first kappa shape index (κ1) is 21.9. The second-order valence-electron chi connectivity index (χ2n) is 12.0. The Bertz CT molecular complexity index is 1130. The van der Waals surface area contributed by atoms with Gasteiger partial charge in [-0.25, -0.2) is 4.98 Å². The molecule has 1 aromatic carbocycles. The molecule has 180 valence electrons. The number of carbonyl (C=O) groups excluding carboxylic acids is 2. The summed E-state index contributed by atoms with van der Waals surface area (Å²) in [6.07, 6.45) is 5.96. The number of hydrogen-bond acceptors (Lipinski definition) is 3. The van der Waals surface area contributed by atoms with Crippen molar-refractivity contribution >= 4 is 11.8 Å². The normalized spacial score (nSPS) is 29.2. The number of nitrogens with one attached hydrogen (secondary N) is 1. The number of carbonyl (C=O) groups is 2. The van der Waals surface area contributed by atoms with Crippen LogP contribution in [-0.2, 0) is 29.1 Å². The average molecular weight is 461 g/mol. The van der Waals surface area contributed by atoms with E-state index in [1.807, 2.05) is 23.1 Å². The molecular weight excluding hydrogens is 424 g/mol. The van der Waals surface area contributed by atoms with Crippen LogP contribution in [0.5, 0.6) is 0 Å². The average Bonchev–Trinajstić information content (AvgIpc) is 3.46. The maximum Gasteiger partial charge on any atom is 0.226 e. The third kappa shape index (κ3) is 3.48. The standard InChI is InChI=1S/C28H36N4O2/c1-27(2)20-11-12-28(3,16-20)26(27)30-23(33)15-21-22-17-31(25(34)19-9-10-19)13-14-32(22)24(29-21)18-7-5-4-6-8-18/h4-8,19-20,26H,9-17H2,1-3H3,(H,30,33). The minimum absolute atomic E-state index is 0.0537. The van der Waals surface area contributed by atoms with E-state index in [1.54, 1.807) is 0 Å². The van der Waals surface area contributed by atoms with Crippen molar-refractivity contribution in [2.24, 2.45) is 22.7 Å². The fourth-order valence-electron chi connectivity index (χ4n) is 7.19. The van der Waals surface area contributed by atoms with Crippen molar-refractivity contribution in [2.45, 2.75) is 78.4 Å². The van der Waals surface area contributed by atoms with Gasteiger partial charge >= 0.3 is 0 Å². The zero-order chi connectivity index (χ0) is 23.7. The van der Waals surface area contributed by atoms with Crippen molar-refractivity contribution < 1.29 is 9.59 Å². The fraction of sp³-hybridized carbons (Fsp3) is 0.607. The molecule has 3 atom stereocenters. The molecule has 2 amide bonds. The van der Waals surface area contributed by atoms with Crippen LogP contribution in [0.1, 0.15) is 64.3 Å². The summed E-state index contributed by atoms with van der Waals surface area (Å²) in [4.78, 5) is 33.2. The molecule has 2 bridgehead atoms.